The van der Waals surface area contributed by atoms with Crippen molar-refractivity contribution in [3.05, 3.63) is 98.9 Å². The van der Waals surface area contributed by atoms with E-state index in [0.29, 0.717) is 20.9 Å². The third-order valence-corrected chi connectivity index (χ3v) is 6.21. The van der Waals surface area contributed by atoms with Crippen LogP contribution < -0.4 is 4.90 Å². The molecule has 0 aliphatic carbocycles. The van der Waals surface area contributed by atoms with Crippen molar-refractivity contribution in [2.24, 2.45) is 0 Å². The van der Waals surface area contributed by atoms with Crippen LogP contribution in [0.1, 0.15) is 21.5 Å². The van der Waals surface area contributed by atoms with Gasteiger partial charge in [-0.1, -0.05) is 23.7 Å². The molecule has 0 fully saturated rings. The Hall–Kier alpha value is -3.42. The molecule has 5 rings (SSSR count). The van der Waals surface area contributed by atoms with Crippen LogP contribution in [-0.2, 0) is 4.79 Å². The number of ketones is 1. The minimum Gasteiger partial charge on any atom is -0.503 e. The van der Waals surface area contributed by atoms with E-state index in [2.05, 4.69) is 0 Å². The van der Waals surface area contributed by atoms with Gasteiger partial charge in [-0.3, -0.25) is 14.5 Å². The SMILES string of the molecule is O=C(C1=C(O)C(=O)N(c2cccc(F)c2)C1c1cccs1)c1cc2cc(Cl)ccc2o1. The van der Waals surface area contributed by atoms with Crippen LogP contribution in [-0.4, -0.2) is 16.8 Å². The molecule has 8 heteroatoms. The van der Waals surface area contributed by atoms with Gasteiger partial charge in [0, 0.05) is 21.0 Å². The number of furan rings is 1. The summed E-state index contributed by atoms with van der Waals surface area (Å²) in [6.07, 6.45) is 0. The summed E-state index contributed by atoms with van der Waals surface area (Å²) in [7, 11) is 0. The molecule has 154 valence electrons. The van der Waals surface area contributed by atoms with E-state index in [1.165, 1.54) is 40.5 Å². The van der Waals surface area contributed by atoms with E-state index >= 15 is 0 Å². The molecule has 2 aromatic heterocycles. The van der Waals surface area contributed by atoms with Gasteiger partial charge in [0.2, 0.25) is 5.78 Å². The normalized spacial score (nSPS) is 16.5. The fourth-order valence-electron chi connectivity index (χ4n) is 3.70. The minimum absolute atomic E-state index is 0.0331. The number of fused-ring (bicyclic) bond motifs is 1. The second-order valence-corrected chi connectivity index (χ2v) is 8.37. The monoisotopic (exact) mass is 453 g/mol. The molecule has 1 N–H and O–H groups in total. The van der Waals surface area contributed by atoms with Gasteiger partial charge in [0.15, 0.2) is 11.5 Å². The number of carbonyl (C=O) groups is 2. The van der Waals surface area contributed by atoms with Gasteiger partial charge >= 0.3 is 0 Å². The molecular weight excluding hydrogens is 441 g/mol. The highest BCUT2D eigenvalue weighted by Crippen LogP contribution is 2.43. The smallest absolute Gasteiger partial charge is 0.294 e. The summed E-state index contributed by atoms with van der Waals surface area (Å²) < 4.78 is 19.5. The fraction of sp³-hybridized carbons (Fsp3) is 0.0435. The molecule has 0 saturated heterocycles. The Kier molecular flexibility index (Phi) is 4.64. The van der Waals surface area contributed by atoms with E-state index in [9.17, 15) is 19.1 Å². The summed E-state index contributed by atoms with van der Waals surface area (Å²) in [6.45, 7) is 0. The lowest BCUT2D eigenvalue weighted by molar-refractivity contribution is -0.117. The predicted molar refractivity (Wildman–Crippen MR) is 116 cm³/mol. The number of aliphatic hydroxyl groups is 1. The maximum Gasteiger partial charge on any atom is 0.294 e. The van der Waals surface area contributed by atoms with Crippen LogP contribution in [0.3, 0.4) is 0 Å². The second-order valence-electron chi connectivity index (χ2n) is 6.96. The van der Waals surface area contributed by atoms with Crippen LogP contribution in [0.5, 0.6) is 0 Å². The Bertz CT molecular complexity index is 1380. The molecule has 0 spiro atoms. The van der Waals surface area contributed by atoms with Crippen molar-refractivity contribution in [1.29, 1.82) is 0 Å². The molecule has 1 aliphatic heterocycles. The first kappa shape index (κ1) is 19.5. The average molecular weight is 454 g/mol. The number of carbonyl (C=O) groups excluding carboxylic acids is 2. The Morgan fingerprint density at radius 1 is 1.13 bits per heavy atom. The molecule has 1 unspecified atom stereocenters. The summed E-state index contributed by atoms with van der Waals surface area (Å²) in [5.41, 5.74) is 0.558. The van der Waals surface area contributed by atoms with Crippen molar-refractivity contribution < 1.29 is 23.5 Å². The first-order valence-corrected chi connectivity index (χ1v) is 10.5. The molecule has 3 heterocycles. The fourth-order valence-corrected chi connectivity index (χ4v) is 4.71. The molecule has 0 radical (unpaired) electrons. The van der Waals surface area contributed by atoms with Crippen molar-refractivity contribution in [1.82, 2.24) is 0 Å². The number of amides is 1. The largest absolute Gasteiger partial charge is 0.503 e. The van der Waals surface area contributed by atoms with Crippen LogP contribution in [0.25, 0.3) is 11.0 Å². The number of halogens is 2. The third kappa shape index (κ3) is 3.22. The average Bonchev–Trinajstić information content (AvgIpc) is 3.46. The number of rotatable bonds is 4. The molecule has 1 amide bonds. The Balaban J connectivity index is 1.64. The molecule has 1 atom stereocenters. The zero-order valence-electron chi connectivity index (χ0n) is 15.7. The van der Waals surface area contributed by atoms with E-state index in [4.69, 9.17) is 16.0 Å². The Morgan fingerprint density at radius 3 is 2.71 bits per heavy atom. The minimum atomic E-state index is -0.918. The van der Waals surface area contributed by atoms with Crippen LogP contribution in [0.4, 0.5) is 10.1 Å². The molecule has 1 aliphatic rings. The molecule has 4 aromatic rings. The zero-order valence-corrected chi connectivity index (χ0v) is 17.3. The third-order valence-electron chi connectivity index (χ3n) is 5.05. The Labute approximate surface area is 184 Å². The Morgan fingerprint density at radius 2 is 1.97 bits per heavy atom. The van der Waals surface area contributed by atoms with Crippen LogP contribution in [0.2, 0.25) is 5.02 Å². The first-order chi connectivity index (χ1) is 14.9. The van der Waals surface area contributed by atoms with Gasteiger partial charge in [0.1, 0.15) is 17.4 Å². The number of thiophene rings is 1. The van der Waals surface area contributed by atoms with Crippen molar-refractivity contribution in [3.63, 3.8) is 0 Å². The van der Waals surface area contributed by atoms with Gasteiger partial charge in [-0.15, -0.1) is 11.3 Å². The lowest BCUT2D eigenvalue weighted by atomic mass is 10.00. The topological polar surface area (TPSA) is 70.8 Å². The van der Waals surface area contributed by atoms with Crippen molar-refractivity contribution >= 4 is 51.3 Å². The molecule has 31 heavy (non-hydrogen) atoms. The highest BCUT2D eigenvalue weighted by Gasteiger charge is 2.45. The second kappa shape index (κ2) is 7.37. The van der Waals surface area contributed by atoms with Gasteiger partial charge in [-0.05, 0) is 53.9 Å². The van der Waals surface area contributed by atoms with E-state index < -0.39 is 29.3 Å². The lowest BCUT2D eigenvalue weighted by Crippen LogP contribution is -2.30. The van der Waals surface area contributed by atoms with Gasteiger partial charge in [-0.25, -0.2) is 4.39 Å². The number of hydrogen-bond donors (Lipinski definition) is 1. The van der Waals surface area contributed by atoms with Gasteiger partial charge < -0.3 is 9.52 Å². The summed E-state index contributed by atoms with van der Waals surface area (Å²) in [5, 5.41) is 13.6. The highest BCUT2D eigenvalue weighted by atomic mass is 35.5. The van der Waals surface area contributed by atoms with Crippen molar-refractivity contribution in [2.45, 2.75) is 6.04 Å². The molecule has 0 bridgehead atoms. The maximum absolute atomic E-state index is 13.9. The number of benzene rings is 2. The maximum atomic E-state index is 13.9. The predicted octanol–water partition coefficient (Wildman–Crippen LogP) is 6.07. The number of nitrogens with zero attached hydrogens (tertiary/aromatic N) is 1. The summed E-state index contributed by atoms with van der Waals surface area (Å²) in [4.78, 5) is 28.3. The number of hydrogen-bond acceptors (Lipinski definition) is 5. The molecular formula is C23H13ClFNO4S. The van der Waals surface area contributed by atoms with Crippen molar-refractivity contribution in [2.75, 3.05) is 4.90 Å². The first-order valence-electron chi connectivity index (χ1n) is 9.23. The number of anilines is 1. The quantitative estimate of drug-likeness (QED) is 0.381. The van der Waals surface area contributed by atoms with Gasteiger partial charge in [0.05, 0.1) is 5.57 Å². The van der Waals surface area contributed by atoms with Crippen LogP contribution in [0.15, 0.2) is 81.8 Å². The van der Waals surface area contributed by atoms with E-state index in [1.54, 1.807) is 41.8 Å². The van der Waals surface area contributed by atoms with Gasteiger partial charge in [-0.2, -0.15) is 0 Å². The summed E-state index contributed by atoms with van der Waals surface area (Å²) in [6, 6.07) is 14.5. The standard InChI is InChI=1S/C23H13ClFNO4S/c24-13-6-7-16-12(9-13)10-17(30-16)21(27)19-20(18-5-2-8-31-18)26(23(29)22(19)28)15-4-1-3-14(25)11-15/h1-11,20,28H. The van der Waals surface area contributed by atoms with E-state index in [-0.39, 0.29) is 17.0 Å². The van der Waals surface area contributed by atoms with Gasteiger partial charge in [0.25, 0.3) is 5.91 Å². The van der Waals surface area contributed by atoms with Crippen LogP contribution >= 0.6 is 22.9 Å². The zero-order chi connectivity index (χ0) is 21.7. The molecule has 0 saturated carbocycles. The van der Waals surface area contributed by atoms with E-state index in [1.807, 2.05) is 0 Å². The highest BCUT2D eigenvalue weighted by molar-refractivity contribution is 7.10. The number of aliphatic hydroxyl groups excluding tert-OH is 1. The van der Waals surface area contributed by atoms with Crippen LogP contribution in [0, 0.1) is 5.82 Å². The molecule has 2 aromatic carbocycles. The van der Waals surface area contributed by atoms with Crippen molar-refractivity contribution in [3.8, 4) is 0 Å². The molecule has 5 nitrogen and oxygen atoms in total. The van der Waals surface area contributed by atoms with E-state index in [0.717, 1.165) is 0 Å². The summed E-state index contributed by atoms with van der Waals surface area (Å²) >= 11 is 7.33. The lowest BCUT2D eigenvalue weighted by Gasteiger charge is -2.25. The summed E-state index contributed by atoms with van der Waals surface area (Å²) in [5.74, 6) is -2.67. The number of Topliss-reactive ketones (excluding diaryl/α,β-unsaturated/α-hetero) is 1.